The molecule has 0 aromatic heterocycles. The number of ether oxygens (including phenoxy) is 2. The largest absolute Gasteiger partial charge is 0.389 e. The van der Waals surface area contributed by atoms with E-state index in [1.165, 1.54) is 45.1 Å². The van der Waals surface area contributed by atoms with Gasteiger partial charge < -0.3 is 19.5 Å². The van der Waals surface area contributed by atoms with Crippen LogP contribution in [0.5, 0.6) is 0 Å². The van der Waals surface area contributed by atoms with E-state index in [0.717, 1.165) is 39.1 Å². The summed E-state index contributed by atoms with van der Waals surface area (Å²) in [6, 6.07) is 0. The van der Waals surface area contributed by atoms with E-state index in [1.807, 2.05) is 0 Å². The number of aliphatic hydroxyl groups is 1. The van der Waals surface area contributed by atoms with Crippen molar-refractivity contribution in [2.75, 3.05) is 39.5 Å². The molecule has 0 bridgehead atoms. The van der Waals surface area contributed by atoms with Crippen LogP contribution in [0.1, 0.15) is 51.4 Å². The summed E-state index contributed by atoms with van der Waals surface area (Å²) in [5, 5.41) is 10.2. The number of likely N-dealkylation sites (tertiary alicyclic amines) is 1. The lowest BCUT2D eigenvalue weighted by atomic mass is 9.73. The normalized spacial score (nSPS) is 29.0. The molecule has 1 aliphatic carbocycles. The van der Waals surface area contributed by atoms with Crippen molar-refractivity contribution in [3.05, 3.63) is 0 Å². The minimum atomic E-state index is -0.341. The molecule has 1 saturated carbocycles. The van der Waals surface area contributed by atoms with Crippen molar-refractivity contribution >= 4 is 0 Å². The van der Waals surface area contributed by atoms with Gasteiger partial charge in [-0.15, -0.1) is 0 Å². The molecule has 0 radical (unpaired) electrons. The van der Waals surface area contributed by atoms with Crippen molar-refractivity contribution in [3.8, 4) is 0 Å². The van der Waals surface area contributed by atoms with Gasteiger partial charge in [-0.2, -0.15) is 0 Å². The van der Waals surface area contributed by atoms with Crippen LogP contribution in [0.15, 0.2) is 0 Å². The monoisotopic (exact) mass is 297 g/mol. The molecule has 0 amide bonds. The maximum absolute atomic E-state index is 10.2. The molecule has 1 N–H and O–H groups in total. The molecule has 3 fully saturated rings. The lowest BCUT2D eigenvalue weighted by molar-refractivity contribution is -0.0636. The van der Waals surface area contributed by atoms with Crippen LogP contribution in [-0.2, 0) is 9.47 Å². The van der Waals surface area contributed by atoms with Crippen molar-refractivity contribution in [2.24, 2.45) is 5.41 Å². The average molecular weight is 297 g/mol. The molecular formula is C17H31NO3. The Morgan fingerprint density at radius 1 is 1.14 bits per heavy atom. The first kappa shape index (κ1) is 15.7. The Labute approximate surface area is 128 Å². The minimum Gasteiger partial charge on any atom is -0.389 e. The summed E-state index contributed by atoms with van der Waals surface area (Å²) in [5.74, 6) is 0. The minimum absolute atomic E-state index is 0.289. The average Bonchev–Trinajstić information content (AvgIpc) is 2.89. The first-order valence-corrected chi connectivity index (χ1v) is 8.86. The van der Waals surface area contributed by atoms with Gasteiger partial charge in [0.05, 0.1) is 18.8 Å². The van der Waals surface area contributed by atoms with Gasteiger partial charge >= 0.3 is 0 Å². The highest BCUT2D eigenvalue weighted by atomic mass is 16.5. The summed E-state index contributed by atoms with van der Waals surface area (Å²) in [6.45, 7) is 5.22. The SMILES string of the molecule is OC(COC1CCOCC1)CN1CCC2(CCCCC2)C1. The van der Waals surface area contributed by atoms with Gasteiger partial charge in [0.2, 0.25) is 0 Å². The van der Waals surface area contributed by atoms with Gasteiger partial charge in [-0.3, -0.25) is 0 Å². The lowest BCUT2D eigenvalue weighted by Gasteiger charge is -2.33. The van der Waals surface area contributed by atoms with Gasteiger partial charge in [0.15, 0.2) is 0 Å². The maximum atomic E-state index is 10.2. The third-order valence-electron chi connectivity index (χ3n) is 5.59. The molecule has 122 valence electrons. The molecular weight excluding hydrogens is 266 g/mol. The molecule has 1 unspecified atom stereocenters. The van der Waals surface area contributed by atoms with E-state index in [-0.39, 0.29) is 12.2 Å². The molecule has 1 spiro atoms. The first-order chi connectivity index (χ1) is 10.3. The zero-order valence-electron chi connectivity index (χ0n) is 13.3. The smallest absolute Gasteiger partial charge is 0.0900 e. The van der Waals surface area contributed by atoms with Crippen LogP contribution in [0.3, 0.4) is 0 Å². The third kappa shape index (κ3) is 4.41. The van der Waals surface area contributed by atoms with E-state index in [2.05, 4.69) is 4.90 Å². The second-order valence-corrected chi connectivity index (χ2v) is 7.34. The van der Waals surface area contributed by atoms with E-state index >= 15 is 0 Å². The zero-order chi connectivity index (χ0) is 14.5. The Morgan fingerprint density at radius 2 is 1.90 bits per heavy atom. The Bertz CT molecular complexity index is 311. The second kappa shape index (κ2) is 7.40. The standard InChI is InChI=1S/C17H31NO3/c19-15(13-21-16-4-10-20-11-5-16)12-18-9-8-17(14-18)6-2-1-3-7-17/h15-16,19H,1-14H2. The number of hydrogen-bond acceptors (Lipinski definition) is 4. The summed E-state index contributed by atoms with van der Waals surface area (Å²) in [4.78, 5) is 2.46. The van der Waals surface area contributed by atoms with Gasteiger partial charge in [-0.1, -0.05) is 19.3 Å². The van der Waals surface area contributed by atoms with Crippen LogP contribution >= 0.6 is 0 Å². The van der Waals surface area contributed by atoms with Crippen molar-refractivity contribution < 1.29 is 14.6 Å². The fourth-order valence-electron chi connectivity index (χ4n) is 4.33. The van der Waals surface area contributed by atoms with E-state index in [4.69, 9.17) is 9.47 Å². The van der Waals surface area contributed by atoms with E-state index in [0.29, 0.717) is 12.0 Å². The summed E-state index contributed by atoms with van der Waals surface area (Å²) in [6.07, 6.45) is 10.3. The van der Waals surface area contributed by atoms with Crippen LogP contribution in [0, 0.1) is 5.41 Å². The van der Waals surface area contributed by atoms with E-state index in [9.17, 15) is 5.11 Å². The van der Waals surface area contributed by atoms with Crippen molar-refractivity contribution in [1.29, 1.82) is 0 Å². The lowest BCUT2D eigenvalue weighted by Crippen LogP contribution is -2.37. The molecule has 0 aromatic rings. The van der Waals surface area contributed by atoms with Gasteiger partial charge in [-0.05, 0) is 44.1 Å². The van der Waals surface area contributed by atoms with Crippen LogP contribution in [0.4, 0.5) is 0 Å². The number of aliphatic hydroxyl groups excluding tert-OH is 1. The van der Waals surface area contributed by atoms with Crippen LogP contribution in [0.25, 0.3) is 0 Å². The number of rotatable bonds is 5. The summed E-state index contributed by atoms with van der Waals surface area (Å²) >= 11 is 0. The maximum Gasteiger partial charge on any atom is 0.0900 e. The Kier molecular flexibility index (Phi) is 5.54. The molecule has 2 saturated heterocycles. The predicted molar refractivity (Wildman–Crippen MR) is 82.4 cm³/mol. The molecule has 0 aromatic carbocycles. The summed E-state index contributed by atoms with van der Waals surface area (Å²) in [7, 11) is 0. The molecule has 1 atom stereocenters. The highest BCUT2D eigenvalue weighted by Gasteiger charge is 2.39. The van der Waals surface area contributed by atoms with Gasteiger partial charge in [-0.25, -0.2) is 0 Å². The zero-order valence-corrected chi connectivity index (χ0v) is 13.3. The molecule has 4 heteroatoms. The topological polar surface area (TPSA) is 41.9 Å². The summed E-state index contributed by atoms with van der Waals surface area (Å²) < 4.78 is 11.2. The van der Waals surface area contributed by atoms with Gasteiger partial charge in [0.1, 0.15) is 0 Å². The van der Waals surface area contributed by atoms with Crippen LogP contribution in [-0.4, -0.2) is 61.7 Å². The highest BCUT2D eigenvalue weighted by Crippen LogP contribution is 2.43. The summed E-state index contributed by atoms with van der Waals surface area (Å²) in [5.41, 5.74) is 0.583. The second-order valence-electron chi connectivity index (χ2n) is 7.34. The molecule has 2 heterocycles. The molecule has 3 aliphatic rings. The molecule has 3 rings (SSSR count). The first-order valence-electron chi connectivity index (χ1n) is 8.86. The Hall–Kier alpha value is -0.160. The third-order valence-corrected chi connectivity index (χ3v) is 5.59. The molecule has 21 heavy (non-hydrogen) atoms. The van der Waals surface area contributed by atoms with Crippen LogP contribution in [0.2, 0.25) is 0 Å². The fraction of sp³-hybridized carbons (Fsp3) is 1.00. The van der Waals surface area contributed by atoms with E-state index in [1.54, 1.807) is 0 Å². The highest BCUT2D eigenvalue weighted by molar-refractivity contribution is 4.92. The van der Waals surface area contributed by atoms with E-state index < -0.39 is 0 Å². The number of hydrogen-bond donors (Lipinski definition) is 1. The number of nitrogens with zero attached hydrogens (tertiary/aromatic N) is 1. The van der Waals surface area contributed by atoms with Crippen molar-refractivity contribution in [2.45, 2.75) is 63.6 Å². The Balaban J connectivity index is 1.36. The van der Waals surface area contributed by atoms with Crippen molar-refractivity contribution in [3.63, 3.8) is 0 Å². The van der Waals surface area contributed by atoms with Gasteiger partial charge in [0.25, 0.3) is 0 Å². The van der Waals surface area contributed by atoms with Gasteiger partial charge in [0, 0.05) is 26.3 Å². The van der Waals surface area contributed by atoms with Crippen LogP contribution < -0.4 is 0 Å². The quantitative estimate of drug-likeness (QED) is 0.845. The molecule has 4 nitrogen and oxygen atoms in total. The number of β-amino-alcohol motifs (C(OH)–C–C–N with tert-alkyl or cyclic N) is 1. The predicted octanol–water partition coefficient (Wildman–Crippen LogP) is 2.20. The van der Waals surface area contributed by atoms with Crippen molar-refractivity contribution in [1.82, 2.24) is 4.90 Å². The fourth-order valence-corrected chi connectivity index (χ4v) is 4.33. The Morgan fingerprint density at radius 3 is 2.67 bits per heavy atom. The molecule has 2 aliphatic heterocycles.